The first-order chi connectivity index (χ1) is 13.1. The minimum absolute atomic E-state index is 0.0918. The summed E-state index contributed by atoms with van der Waals surface area (Å²) in [5.41, 5.74) is 1.10. The Hall–Kier alpha value is -3.75. The van der Waals surface area contributed by atoms with Crippen molar-refractivity contribution in [2.75, 3.05) is 19.0 Å². The number of aromatic nitrogens is 4. The number of nitrogens with one attached hydrogen (secondary N) is 2. The Labute approximate surface area is 154 Å². The number of ether oxygens (including phenoxy) is 2. The van der Waals surface area contributed by atoms with Crippen LogP contribution in [0.5, 0.6) is 11.5 Å². The van der Waals surface area contributed by atoms with Gasteiger partial charge in [-0.05, 0) is 37.3 Å². The standard InChI is InChI=1S/C18H17N5O4/c1-11(24)12-6-7-14(15(9-12)26-2)27-10-16(25)20-18-21-17(22-23-18)13-5-3-4-8-19-13/h3-9H,10H2,1-2H3,(H2,20,21,22,23,25). The Kier molecular flexibility index (Phi) is 5.41. The third-order valence-corrected chi connectivity index (χ3v) is 3.57. The number of hydrogen-bond donors (Lipinski definition) is 2. The number of methoxy groups -OCH3 is 1. The second-order valence-corrected chi connectivity index (χ2v) is 5.48. The molecule has 27 heavy (non-hydrogen) atoms. The van der Waals surface area contributed by atoms with Gasteiger partial charge in [0.2, 0.25) is 5.95 Å². The van der Waals surface area contributed by atoms with Crippen LogP contribution in [0.25, 0.3) is 11.5 Å². The quantitative estimate of drug-likeness (QED) is 0.614. The minimum Gasteiger partial charge on any atom is -0.493 e. The molecule has 2 heterocycles. The number of carbonyl (C=O) groups is 2. The first kappa shape index (κ1) is 18.1. The van der Waals surface area contributed by atoms with Crippen molar-refractivity contribution in [3.63, 3.8) is 0 Å². The van der Waals surface area contributed by atoms with Gasteiger partial charge in [-0.15, -0.1) is 5.10 Å². The third-order valence-electron chi connectivity index (χ3n) is 3.57. The number of nitrogens with zero attached hydrogens (tertiary/aromatic N) is 3. The van der Waals surface area contributed by atoms with Gasteiger partial charge in [0.05, 0.1) is 7.11 Å². The summed E-state index contributed by atoms with van der Waals surface area (Å²) < 4.78 is 10.7. The molecule has 2 aromatic heterocycles. The Balaban J connectivity index is 1.60. The van der Waals surface area contributed by atoms with Crippen molar-refractivity contribution in [1.82, 2.24) is 20.2 Å². The molecule has 0 spiro atoms. The predicted octanol–water partition coefficient (Wildman–Crippen LogP) is 2.10. The van der Waals surface area contributed by atoms with Gasteiger partial charge >= 0.3 is 0 Å². The lowest BCUT2D eigenvalue weighted by Gasteiger charge is -2.11. The van der Waals surface area contributed by atoms with E-state index in [0.29, 0.717) is 28.6 Å². The van der Waals surface area contributed by atoms with Crippen molar-refractivity contribution in [1.29, 1.82) is 0 Å². The number of benzene rings is 1. The lowest BCUT2D eigenvalue weighted by atomic mass is 10.1. The summed E-state index contributed by atoms with van der Waals surface area (Å²) in [7, 11) is 1.46. The van der Waals surface area contributed by atoms with E-state index in [1.807, 2.05) is 6.07 Å². The fraction of sp³-hybridized carbons (Fsp3) is 0.167. The van der Waals surface area contributed by atoms with Gasteiger partial charge in [0.25, 0.3) is 5.91 Å². The number of rotatable bonds is 7. The SMILES string of the molecule is COc1cc(C(C)=O)ccc1OCC(=O)Nc1n[nH]c(-c2ccccn2)n1. The van der Waals surface area contributed by atoms with E-state index < -0.39 is 5.91 Å². The zero-order valence-electron chi connectivity index (χ0n) is 14.7. The number of carbonyl (C=O) groups excluding carboxylic acids is 2. The van der Waals surface area contributed by atoms with Crippen LogP contribution in [0.15, 0.2) is 42.6 Å². The van der Waals surface area contributed by atoms with Crippen LogP contribution in [0.3, 0.4) is 0 Å². The number of aromatic amines is 1. The molecule has 0 bridgehead atoms. The van der Waals surface area contributed by atoms with E-state index in [2.05, 4.69) is 25.5 Å². The molecule has 3 rings (SSSR count). The van der Waals surface area contributed by atoms with Gasteiger partial charge in [-0.1, -0.05) is 6.07 Å². The maximum absolute atomic E-state index is 12.1. The van der Waals surface area contributed by atoms with Crippen LogP contribution in [-0.4, -0.2) is 45.6 Å². The highest BCUT2D eigenvalue weighted by Crippen LogP contribution is 2.28. The monoisotopic (exact) mass is 367 g/mol. The van der Waals surface area contributed by atoms with Crippen molar-refractivity contribution in [3.8, 4) is 23.0 Å². The summed E-state index contributed by atoms with van der Waals surface area (Å²) >= 11 is 0. The molecule has 138 valence electrons. The molecule has 0 radical (unpaired) electrons. The van der Waals surface area contributed by atoms with E-state index in [1.165, 1.54) is 14.0 Å². The second-order valence-electron chi connectivity index (χ2n) is 5.48. The van der Waals surface area contributed by atoms with Crippen molar-refractivity contribution in [2.45, 2.75) is 6.92 Å². The maximum Gasteiger partial charge on any atom is 0.264 e. The number of Topliss-reactive ketones (excluding diaryl/α,β-unsaturated/α-hetero) is 1. The molecule has 0 saturated heterocycles. The van der Waals surface area contributed by atoms with Crippen molar-refractivity contribution < 1.29 is 19.1 Å². The summed E-state index contributed by atoms with van der Waals surface area (Å²) in [6.07, 6.45) is 1.63. The molecule has 0 aliphatic heterocycles. The summed E-state index contributed by atoms with van der Waals surface area (Å²) in [4.78, 5) is 31.8. The molecule has 0 unspecified atom stereocenters. The van der Waals surface area contributed by atoms with Gasteiger partial charge in [-0.3, -0.25) is 25.0 Å². The number of H-pyrrole nitrogens is 1. The molecule has 0 aliphatic rings. The van der Waals surface area contributed by atoms with Crippen LogP contribution in [0.4, 0.5) is 5.95 Å². The van der Waals surface area contributed by atoms with Gasteiger partial charge in [0.15, 0.2) is 29.7 Å². The van der Waals surface area contributed by atoms with Gasteiger partial charge in [0.1, 0.15) is 5.69 Å². The largest absolute Gasteiger partial charge is 0.493 e. The molecular formula is C18H17N5O4. The van der Waals surface area contributed by atoms with Crippen LogP contribution in [0.2, 0.25) is 0 Å². The van der Waals surface area contributed by atoms with E-state index >= 15 is 0 Å². The minimum atomic E-state index is -0.445. The van der Waals surface area contributed by atoms with E-state index in [-0.39, 0.29) is 18.3 Å². The summed E-state index contributed by atoms with van der Waals surface area (Å²) in [5.74, 6) is 0.731. The number of amides is 1. The van der Waals surface area contributed by atoms with E-state index in [1.54, 1.807) is 36.5 Å². The molecule has 0 fully saturated rings. The number of ketones is 1. The molecule has 0 aliphatic carbocycles. The Morgan fingerprint density at radius 2 is 2.04 bits per heavy atom. The lowest BCUT2D eigenvalue weighted by molar-refractivity contribution is -0.118. The molecule has 9 nitrogen and oxygen atoms in total. The first-order valence-corrected chi connectivity index (χ1v) is 8.02. The highest BCUT2D eigenvalue weighted by molar-refractivity contribution is 5.94. The topological polar surface area (TPSA) is 119 Å². The average Bonchev–Trinajstić information content (AvgIpc) is 3.15. The average molecular weight is 367 g/mol. The summed E-state index contributed by atoms with van der Waals surface area (Å²) in [6.45, 7) is 1.18. The maximum atomic E-state index is 12.1. The van der Waals surface area contributed by atoms with Crippen LogP contribution < -0.4 is 14.8 Å². The highest BCUT2D eigenvalue weighted by atomic mass is 16.5. The van der Waals surface area contributed by atoms with Gasteiger partial charge in [-0.2, -0.15) is 4.98 Å². The molecule has 0 atom stereocenters. The van der Waals surface area contributed by atoms with E-state index in [0.717, 1.165) is 0 Å². The molecular weight excluding hydrogens is 350 g/mol. The summed E-state index contributed by atoms with van der Waals surface area (Å²) in [5, 5.41) is 9.16. The molecule has 3 aromatic rings. The van der Waals surface area contributed by atoms with Crippen LogP contribution in [0, 0.1) is 0 Å². The van der Waals surface area contributed by atoms with Crippen LogP contribution in [-0.2, 0) is 4.79 Å². The third kappa shape index (κ3) is 4.46. The van der Waals surface area contributed by atoms with Crippen molar-refractivity contribution in [3.05, 3.63) is 48.2 Å². The van der Waals surface area contributed by atoms with Crippen molar-refractivity contribution >= 4 is 17.6 Å². The number of hydrogen-bond acceptors (Lipinski definition) is 7. The van der Waals surface area contributed by atoms with E-state index in [9.17, 15) is 9.59 Å². The zero-order valence-corrected chi connectivity index (χ0v) is 14.7. The predicted molar refractivity (Wildman–Crippen MR) is 96.7 cm³/mol. The molecule has 2 N–H and O–H groups in total. The number of anilines is 1. The summed E-state index contributed by atoms with van der Waals surface area (Å²) in [6, 6.07) is 10.1. The van der Waals surface area contributed by atoms with E-state index in [4.69, 9.17) is 9.47 Å². The fourth-order valence-corrected chi connectivity index (χ4v) is 2.24. The molecule has 1 amide bonds. The first-order valence-electron chi connectivity index (χ1n) is 8.02. The fourth-order valence-electron chi connectivity index (χ4n) is 2.24. The van der Waals surface area contributed by atoms with Gasteiger partial charge in [-0.25, -0.2) is 0 Å². The Morgan fingerprint density at radius 1 is 1.19 bits per heavy atom. The molecule has 1 aromatic carbocycles. The van der Waals surface area contributed by atoms with Crippen molar-refractivity contribution in [2.24, 2.45) is 0 Å². The molecule has 0 saturated carbocycles. The normalized spacial score (nSPS) is 10.3. The highest BCUT2D eigenvalue weighted by Gasteiger charge is 2.13. The van der Waals surface area contributed by atoms with Crippen LogP contribution >= 0.6 is 0 Å². The van der Waals surface area contributed by atoms with Crippen LogP contribution in [0.1, 0.15) is 17.3 Å². The molecule has 9 heteroatoms. The van der Waals surface area contributed by atoms with Gasteiger partial charge < -0.3 is 9.47 Å². The zero-order chi connectivity index (χ0) is 19.2. The Morgan fingerprint density at radius 3 is 2.74 bits per heavy atom. The van der Waals surface area contributed by atoms with Gasteiger partial charge in [0, 0.05) is 11.8 Å². The number of pyridine rings is 1. The lowest BCUT2D eigenvalue weighted by Crippen LogP contribution is -2.21. The second kappa shape index (κ2) is 8.09. The Bertz CT molecular complexity index is 955. The smallest absolute Gasteiger partial charge is 0.264 e.